The van der Waals surface area contributed by atoms with E-state index < -0.39 is 17.6 Å². The van der Waals surface area contributed by atoms with Gasteiger partial charge in [0.05, 0.1) is 6.26 Å². The molecule has 0 aliphatic rings. The van der Waals surface area contributed by atoms with Crippen LogP contribution >= 0.6 is 0 Å². The molecule has 0 saturated heterocycles. The Kier molecular flexibility index (Phi) is 1.67. The van der Waals surface area contributed by atoms with Crippen LogP contribution in [0.15, 0.2) is 0 Å². The molecule has 0 bridgehead atoms. The van der Waals surface area contributed by atoms with Crippen LogP contribution in [0.25, 0.3) is 0 Å². The summed E-state index contributed by atoms with van der Waals surface area (Å²) < 4.78 is 37.2. The molecule has 50 valence electrons. The van der Waals surface area contributed by atoms with Gasteiger partial charge in [-0.1, -0.05) is 0 Å². The monoisotopic (exact) mass is 157 g/mol. The van der Waals surface area contributed by atoms with Crippen LogP contribution in [-0.2, 0) is 17.6 Å². The van der Waals surface area contributed by atoms with Crippen LogP contribution in [0.3, 0.4) is 0 Å². The van der Waals surface area contributed by atoms with E-state index in [1.807, 2.05) is 0 Å². The quantitative estimate of drug-likeness (QED) is 0.527. The van der Waals surface area contributed by atoms with Crippen LogP contribution in [0.2, 0.25) is 0 Å². The van der Waals surface area contributed by atoms with E-state index in [4.69, 9.17) is 4.78 Å². The molecule has 1 atom stereocenters. The summed E-state index contributed by atoms with van der Waals surface area (Å²) in [4.78, 5) is 0. The number of rotatable bonds is 1. The summed E-state index contributed by atoms with van der Waals surface area (Å²) in [7, 11) is -7.01. The lowest BCUT2D eigenvalue weighted by molar-refractivity contribution is 0.610. The van der Waals surface area contributed by atoms with E-state index in [1.165, 1.54) is 0 Å². The summed E-state index contributed by atoms with van der Waals surface area (Å²) in [6.07, 6.45) is 1.66. The van der Waals surface area contributed by atoms with E-state index in [0.717, 1.165) is 12.5 Å². The molecule has 0 aromatic rings. The Morgan fingerprint density at radius 1 is 1.12 bits per heavy atom. The molecule has 6 heteroatoms. The SMILES string of the molecule is CS(=N)(=O)S(C)(=O)=O. The number of nitrogens with one attached hydrogen (secondary N) is 1. The van der Waals surface area contributed by atoms with Crippen molar-refractivity contribution in [2.45, 2.75) is 0 Å². The highest BCUT2D eigenvalue weighted by molar-refractivity contribution is 8.67. The molecule has 0 aromatic carbocycles. The van der Waals surface area contributed by atoms with Crippen molar-refractivity contribution < 1.29 is 12.6 Å². The van der Waals surface area contributed by atoms with Crippen LogP contribution in [0.1, 0.15) is 0 Å². The van der Waals surface area contributed by atoms with Gasteiger partial charge in [0.25, 0.3) is 0 Å². The molecule has 0 aliphatic heterocycles. The Bertz CT molecular complexity index is 228. The van der Waals surface area contributed by atoms with Crippen LogP contribution < -0.4 is 0 Å². The van der Waals surface area contributed by atoms with Gasteiger partial charge in [-0.05, 0) is 0 Å². The first-order valence-electron chi connectivity index (χ1n) is 1.69. The van der Waals surface area contributed by atoms with Gasteiger partial charge in [-0.25, -0.2) is 17.4 Å². The molecule has 8 heavy (non-hydrogen) atoms. The highest BCUT2D eigenvalue weighted by Crippen LogP contribution is 1.94. The summed E-state index contributed by atoms with van der Waals surface area (Å²) in [5, 5.41) is 0. The minimum Gasteiger partial charge on any atom is -0.240 e. The predicted octanol–water partition coefficient (Wildman–Crippen LogP) is -0.377. The van der Waals surface area contributed by atoms with Crippen LogP contribution in [0, 0.1) is 4.78 Å². The van der Waals surface area contributed by atoms with E-state index in [-0.39, 0.29) is 0 Å². The summed E-state index contributed by atoms with van der Waals surface area (Å²) in [6, 6.07) is 0. The highest BCUT2D eigenvalue weighted by Gasteiger charge is 2.11. The minimum atomic E-state index is -3.65. The molecular weight excluding hydrogens is 150 g/mol. The molecule has 0 aromatic heterocycles. The lowest BCUT2D eigenvalue weighted by Crippen LogP contribution is -2.08. The average Bonchev–Trinajstić information content (AvgIpc) is 1.25. The van der Waals surface area contributed by atoms with Crippen LogP contribution in [-0.4, -0.2) is 25.1 Å². The van der Waals surface area contributed by atoms with Crippen molar-refractivity contribution in [1.29, 1.82) is 4.78 Å². The van der Waals surface area contributed by atoms with Gasteiger partial charge in [-0.15, -0.1) is 0 Å². The third kappa shape index (κ3) is 1.79. The van der Waals surface area contributed by atoms with E-state index in [1.54, 1.807) is 0 Å². The van der Waals surface area contributed by atoms with E-state index >= 15 is 0 Å². The lowest BCUT2D eigenvalue weighted by Gasteiger charge is -1.91. The van der Waals surface area contributed by atoms with Crippen molar-refractivity contribution >= 4 is 17.6 Å². The zero-order valence-corrected chi connectivity index (χ0v) is 6.17. The number of hydrogen-bond donors (Lipinski definition) is 1. The summed E-state index contributed by atoms with van der Waals surface area (Å²) in [5.74, 6) is 0. The molecule has 0 spiro atoms. The third-order valence-electron chi connectivity index (χ3n) is 0.578. The van der Waals surface area contributed by atoms with Crippen molar-refractivity contribution in [3.63, 3.8) is 0 Å². The van der Waals surface area contributed by atoms with Gasteiger partial charge in [-0.3, -0.25) is 0 Å². The Morgan fingerprint density at radius 2 is 1.25 bits per heavy atom. The summed E-state index contributed by atoms with van der Waals surface area (Å²) in [6.45, 7) is 0. The fourth-order valence-corrected chi connectivity index (χ4v) is 0. The fourth-order valence-electron chi connectivity index (χ4n) is 0. The summed E-state index contributed by atoms with van der Waals surface area (Å²) >= 11 is 0. The topological polar surface area (TPSA) is 75.1 Å². The lowest BCUT2D eigenvalue weighted by atomic mass is 12.0. The van der Waals surface area contributed by atoms with E-state index in [0.29, 0.717) is 0 Å². The molecule has 0 aliphatic carbocycles. The Balaban J connectivity index is 5.18. The normalized spacial score (nSPS) is 19.8. The van der Waals surface area contributed by atoms with Crippen molar-refractivity contribution in [2.75, 3.05) is 12.5 Å². The second-order valence-corrected chi connectivity index (χ2v) is 8.15. The van der Waals surface area contributed by atoms with Crippen molar-refractivity contribution in [1.82, 2.24) is 0 Å². The minimum absolute atomic E-state index is 0.780. The first-order chi connectivity index (χ1) is 3.25. The van der Waals surface area contributed by atoms with Crippen molar-refractivity contribution in [2.24, 2.45) is 0 Å². The third-order valence-corrected chi connectivity index (χ3v) is 5.20. The maximum Gasteiger partial charge on any atom is 0.233 e. The standard InChI is InChI=1S/C2H7NO3S2/c1-7(3,4)8(2,5)6/h3H,1-2H3. The Hall–Kier alpha value is -0.100. The first kappa shape index (κ1) is 7.90. The van der Waals surface area contributed by atoms with Gasteiger partial charge in [-0.2, -0.15) is 0 Å². The second kappa shape index (κ2) is 1.70. The average molecular weight is 157 g/mol. The van der Waals surface area contributed by atoms with Gasteiger partial charge < -0.3 is 0 Å². The molecule has 0 amide bonds. The largest absolute Gasteiger partial charge is 0.240 e. The Labute approximate surface area is 48.2 Å². The summed E-state index contributed by atoms with van der Waals surface area (Å²) in [5.41, 5.74) is 0. The van der Waals surface area contributed by atoms with Gasteiger partial charge in [0.2, 0.25) is 8.87 Å². The molecule has 0 radical (unpaired) electrons. The molecular formula is C2H7NO3S2. The smallest absolute Gasteiger partial charge is 0.233 e. The molecule has 1 unspecified atom stereocenters. The van der Waals surface area contributed by atoms with Crippen LogP contribution in [0.5, 0.6) is 0 Å². The van der Waals surface area contributed by atoms with E-state index in [9.17, 15) is 12.6 Å². The molecule has 1 N–H and O–H groups in total. The first-order valence-corrected chi connectivity index (χ1v) is 6.06. The van der Waals surface area contributed by atoms with E-state index in [2.05, 4.69) is 0 Å². The predicted molar refractivity (Wildman–Crippen MR) is 31.6 cm³/mol. The molecule has 0 rings (SSSR count). The molecule has 0 fully saturated rings. The molecule has 4 nitrogen and oxygen atoms in total. The maximum atomic E-state index is 10.3. The zero-order valence-electron chi connectivity index (χ0n) is 4.54. The van der Waals surface area contributed by atoms with Crippen molar-refractivity contribution in [3.05, 3.63) is 0 Å². The fraction of sp³-hybridized carbons (Fsp3) is 1.00. The molecule has 0 saturated carbocycles. The van der Waals surface area contributed by atoms with Crippen molar-refractivity contribution in [3.8, 4) is 0 Å². The van der Waals surface area contributed by atoms with Gasteiger partial charge >= 0.3 is 0 Å². The zero-order chi connectivity index (χ0) is 7.00. The molecule has 0 heterocycles. The van der Waals surface area contributed by atoms with Gasteiger partial charge in [0, 0.05) is 6.26 Å². The van der Waals surface area contributed by atoms with Gasteiger partial charge in [0.15, 0.2) is 0 Å². The maximum absolute atomic E-state index is 10.3. The Morgan fingerprint density at radius 3 is 1.25 bits per heavy atom. The van der Waals surface area contributed by atoms with Crippen LogP contribution in [0.4, 0.5) is 0 Å². The number of hydrogen-bond acceptors (Lipinski definition) is 4. The van der Waals surface area contributed by atoms with Gasteiger partial charge in [0.1, 0.15) is 8.76 Å². The highest BCUT2D eigenvalue weighted by atomic mass is 33.2. The second-order valence-electron chi connectivity index (χ2n) is 1.48.